The summed E-state index contributed by atoms with van der Waals surface area (Å²) >= 11 is 5.44. The van der Waals surface area contributed by atoms with E-state index < -0.39 is 0 Å². The molecule has 0 N–H and O–H groups in total. The summed E-state index contributed by atoms with van der Waals surface area (Å²) in [5, 5.41) is 5.63. The average molecular weight is 245 g/mol. The highest BCUT2D eigenvalue weighted by molar-refractivity contribution is 9.09. The molecule has 0 spiro atoms. The van der Waals surface area contributed by atoms with Crippen molar-refractivity contribution >= 4 is 27.3 Å². The fraction of sp³-hybridized carbons (Fsp3) is 0.600. The van der Waals surface area contributed by atoms with Crippen LogP contribution in [-0.2, 0) is 6.42 Å². The summed E-state index contributed by atoms with van der Waals surface area (Å²) in [6.07, 6.45) is 5.53. The predicted octanol–water partition coefficient (Wildman–Crippen LogP) is 3.86. The van der Waals surface area contributed by atoms with Gasteiger partial charge in [0.15, 0.2) is 0 Å². The third-order valence-corrected chi connectivity index (χ3v) is 4.78. The molecule has 0 bridgehead atoms. The molecule has 12 heavy (non-hydrogen) atoms. The second-order valence-electron chi connectivity index (χ2n) is 3.80. The van der Waals surface area contributed by atoms with Gasteiger partial charge < -0.3 is 0 Å². The summed E-state index contributed by atoms with van der Waals surface area (Å²) in [4.78, 5) is 0. The zero-order valence-corrected chi connectivity index (χ0v) is 9.46. The van der Waals surface area contributed by atoms with E-state index >= 15 is 0 Å². The van der Waals surface area contributed by atoms with Crippen LogP contribution in [0.4, 0.5) is 0 Å². The number of halogens is 1. The summed E-state index contributed by atoms with van der Waals surface area (Å²) in [6.45, 7) is 0. The van der Waals surface area contributed by atoms with Crippen molar-refractivity contribution in [1.82, 2.24) is 0 Å². The minimum absolute atomic E-state index is 0.612. The van der Waals surface area contributed by atoms with Gasteiger partial charge >= 0.3 is 0 Å². The molecule has 0 unspecified atom stereocenters. The van der Waals surface area contributed by atoms with E-state index in [2.05, 4.69) is 32.8 Å². The lowest BCUT2D eigenvalue weighted by molar-refractivity contribution is 0.170. The first-order valence-corrected chi connectivity index (χ1v) is 6.48. The number of thiophene rings is 1. The molecular formula is C10H13BrS. The lowest BCUT2D eigenvalue weighted by atomic mass is 9.67. The normalized spacial score (nSPS) is 20.4. The lowest BCUT2D eigenvalue weighted by Gasteiger charge is -2.40. The number of hydrogen-bond donors (Lipinski definition) is 0. The van der Waals surface area contributed by atoms with E-state index in [0.717, 1.165) is 0 Å². The molecular weight excluding hydrogens is 232 g/mol. The predicted molar refractivity (Wildman–Crippen MR) is 58.1 cm³/mol. The van der Waals surface area contributed by atoms with Gasteiger partial charge in [0.2, 0.25) is 0 Å². The molecule has 2 rings (SSSR count). The first-order valence-electron chi connectivity index (χ1n) is 4.42. The van der Waals surface area contributed by atoms with Crippen molar-refractivity contribution in [3.8, 4) is 0 Å². The quantitative estimate of drug-likeness (QED) is 0.709. The van der Waals surface area contributed by atoms with Crippen LogP contribution in [0.2, 0.25) is 0 Å². The molecule has 1 heterocycles. The molecule has 1 fully saturated rings. The van der Waals surface area contributed by atoms with Gasteiger partial charge in [-0.05, 0) is 47.1 Å². The van der Waals surface area contributed by atoms with Crippen LogP contribution in [-0.4, -0.2) is 5.33 Å². The number of hydrogen-bond acceptors (Lipinski definition) is 1. The van der Waals surface area contributed by atoms with Crippen LogP contribution in [0.1, 0.15) is 24.8 Å². The van der Waals surface area contributed by atoms with Crippen LogP contribution in [0.5, 0.6) is 0 Å². The van der Waals surface area contributed by atoms with E-state index in [4.69, 9.17) is 0 Å². The highest BCUT2D eigenvalue weighted by Crippen LogP contribution is 2.45. The van der Waals surface area contributed by atoms with Gasteiger partial charge in [0.05, 0.1) is 0 Å². The Morgan fingerprint density at radius 2 is 2.33 bits per heavy atom. The van der Waals surface area contributed by atoms with Gasteiger partial charge in [-0.2, -0.15) is 11.3 Å². The van der Waals surface area contributed by atoms with Crippen LogP contribution in [0.25, 0.3) is 0 Å². The number of alkyl halides is 1. The molecule has 0 amide bonds. The van der Waals surface area contributed by atoms with E-state index in [1.54, 1.807) is 0 Å². The maximum atomic E-state index is 3.63. The van der Waals surface area contributed by atoms with Gasteiger partial charge in [-0.15, -0.1) is 0 Å². The van der Waals surface area contributed by atoms with E-state index in [1.807, 2.05) is 11.3 Å². The van der Waals surface area contributed by atoms with Crippen LogP contribution in [0.3, 0.4) is 0 Å². The Bertz CT molecular complexity index is 231. The molecule has 0 nitrogen and oxygen atoms in total. The summed E-state index contributed by atoms with van der Waals surface area (Å²) in [6, 6.07) is 2.26. The van der Waals surface area contributed by atoms with Crippen molar-refractivity contribution in [2.24, 2.45) is 5.41 Å². The standard InChI is InChI=1S/C10H13BrS/c11-8-10(3-1-4-10)6-9-2-5-12-7-9/h2,5,7H,1,3-4,6,8H2. The van der Waals surface area contributed by atoms with Crippen molar-refractivity contribution in [2.45, 2.75) is 25.7 Å². The van der Waals surface area contributed by atoms with Crippen LogP contribution in [0, 0.1) is 5.41 Å². The zero-order valence-electron chi connectivity index (χ0n) is 7.05. The third kappa shape index (κ3) is 1.60. The summed E-state index contributed by atoms with van der Waals surface area (Å²) in [5.74, 6) is 0. The largest absolute Gasteiger partial charge is 0.152 e. The summed E-state index contributed by atoms with van der Waals surface area (Å²) in [5.41, 5.74) is 2.14. The van der Waals surface area contributed by atoms with Gasteiger partial charge in [0.25, 0.3) is 0 Å². The van der Waals surface area contributed by atoms with E-state index in [9.17, 15) is 0 Å². The second kappa shape index (κ2) is 3.51. The monoisotopic (exact) mass is 244 g/mol. The van der Waals surface area contributed by atoms with Crippen molar-refractivity contribution in [3.05, 3.63) is 22.4 Å². The van der Waals surface area contributed by atoms with Gasteiger partial charge in [-0.1, -0.05) is 22.4 Å². The summed E-state index contributed by atoms with van der Waals surface area (Å²) in [7, 11) is 0. The van der Waals surface area contributed by atoms with Gasteiger partial charge in [-0.25, -0.2) is 0 Å². The first kappa shape index (κ1) is 8.76. The first-order chi connectivity index (χ1) is 5.85. The Balaban J connectivity index is 2.01. The van der Waals surface area contributed by atoms with Crippen molar-refractivity contribution in [1.29, 1.82) is 0 Å². The Morgan fingerprint density at radius 1 is 1.50 bits per heavy atom. The Kier molecular flexibility index (Phi) is 2.56. The minimum atomic E-state index is 0.612. The Morgan fingerprint density at radius 3 is 2.75 bits per heavy atom. The van der Waals surface area contributed by atoms with Crippen molar-refractivity contribution < 1.29 is 0 Å². The van der Waals surface area contributed by atoms with Crippen LogP contribution < -0.4 is 0 Å². The highest BCUT2D eigenvalue weighted by atomic mass is 79.9. The molecule has 0 saturated heterocycles. The van der Waals surface area contributed by atoms with Gasteiger partial charge in [0, 0.05) is 5.33 Å². The second-order valence-corrected chi connectivity index (χ2v) is 5.14. The maximum absolute atomic E-state index is 3.63. The molecule has 2 heteroatoms. The molecule has 1 aliphatic rings. The molecule has 0 atom stereocenters. The SMILES string of the molecule is BrCC1(Cc2ccsc2)CCC1. The Labute approximate surface area is 86.1 Å². The van der Waals surface area contributed by atoms with Gasteiger partial charge in [0.1, 0.15) is 0 Å². The minimum Gasteiger partial charge on any atom is -0.152 e. The van der Waals surface area contributed by atoms with Crippen LogP contribution >= 0.6 is 27.3 Å². The van der Waals surface area contributed by atoms with Gasteiger partial charge in [-0.3, -0.25) is 0 Å². The number of rotatable bonds is 3. The van der Waals surface area contributed by atoms with Crippen molar-refractivity contribution in [3.63, 3.8) is 0 Å². The van der Waals surface area contributed by atoms with E-state index in [-0.39, 0.29) is 0 Å². The van der Waals surface area contributed by atoms with E-state index in [1.165, 1.54) is 36.6 Å². The topological polar surface area (TPSA) is 0 Å². The van der Waals surface area contributed by atoms with E-state index in [0.29, 0.717) is 5.41 Å². The molecule has 0 radical (unpaired) electrons. The zero-order chi connectivity index (χ0) is 8.44. The fourth-order valence-electron chi connectivity index (χ4n) is 1.86. The Hall–Kier alpha value is 0.180. The molecule has 1 aromatic heterocycles. The third-order valence-electron chi connectivity index (χ3n) is 2.86. The fourth-order valence-corrected chi connectivity index (χ4v) is 3.29. The molecule has 1 aliphatic carbocycles. The highest BCUT2D eigenvalue weighted by Gasteiger charge is 2.35. The van der Waals surface area contributed by atoms with Crippen LogP contribution in [0.15, 0.2) is 16.8 Å². The lowest BCUT2D eigenvalue weighted by Crippen LogP contribution is -2.33. The molecule has 1 aromatic rings. The smallest absolute Gasteiger partial charge is 0.00911 e. The molecule has 0 aromatic carbocycles. The average Bonchev–Trinajstić information content (AvgIpc) is 2.49. The summed E-state index contributed by atoms with van der Waals surface area (Å²) < 4.78 is 0. The maximum Gasteiger partial charge on any atom is 0.00911 e. The molecule has 66 valence electrons. The molecule has 1 saturated carbocycles. The van der Waals surface area contributed by atoms with Crippen molar-refractivity contribution in [2.75, 3.05) is 5.33 Å². The molecule has 0 aliphatic heterocycles.